The summed E-state index contributed by atoms with van der Waals surface area (Å²) < 4.78 is 0. The summed E-state index contributed by atoms with van der Waals surface area (Å²) in [5.41, 5.74) is 2.38. The maximum Gasteiger partial charge on any atom is 0.0920 e. The summed E-state index contributed by atoms with van der Waals surface area (Å²) in [6.45, 7) is 4.05. The van der Waals surface area contributed by atoms with E-state index in [4.69, 9.17) is 0 Å². The van der Waals surface area contributed by atoms with Crippen molar-refractivity contribution in [1.29, 1.82) is 0 Å². The molecule has 0 saturated carbocycles. The highest BCUT2D eigenvalue weighted by molar-refractivity contribution is 5.17. The van der Waals surface area contributed by atoms with Gasteiger partial charge in [-0.05, 0) is 31.0 Å². The third-order valence-corrected chi connectivity index (χ3v) is 1.22. The van der Waals surface area contributed by atoms with Gasteiger partial charge >= 0.3 is 0 Å². The van der Waals surface area contributed by atoms with Crippen LogP contribution in [-0.4, -0.2) is 4.98 Å². The first-order valence-electron chi connectivity index (χ1n) is 2.60. The Morgan fingerprint density at radius 1 is 1.50 bits per heavy atom. The Balaban J connectivity index is 3.13. The van der Waals surface area contributed by atoms with Crippen LogP contribution in [0.4, 0.5) is 0 Å². The van der Waals surface area contributed by atoms with Crippen molar-refractivity contribution >= 4 is 0 Å². The maximum absolute atomic E-state index is 3.82. The summed E-state index contributed by atoms with van der Waals surface area (Å²) in [5, 5.41) is 0. The summed E-state index contributed by atoms with van der Waals surface area (Å²) >= 11 is 0. The van der Waals surface area contributed by atoms with Crippen LogP contribution in [0.2, 0.25) is 0 Å². The van der Waals surface area contributed by atoms with Gasteiger partial charge in [0.05, 0.1) is 6.20 Å². The van der Waals surface area contributed by atoms with Crippen molar-refractivity contribution in [3.63, 3.8) is 0 Å². The second kappa shape index (κ2) is 1.95. The van der Waals surface area contributed by atoms with E-state index in [0.717, 1.165) is 5.56 Å². The number of nitrogens with zero attached hydrogens (tertiary/aromatic N) is 1. The second-order valence-electron chi connectivity index (χ2n) is 1.86. The molecule has 0 aromatic carbocycles. The molecule has 0 amide bonds. The van der Waals surface area contributed by atoms with Gasteiger partial charge in [0.2, 0.25) is 0 Å². The van der Waals surface area contributed by atoms with E-state index in [0.29, 0.717) is 0 Å². The monoisotopic (exact) mass is 106 g/mol. The Morgan fingerprint density at radius 2 is 2.25 bits per heavy atom. The molecule has 1 heterocycles. The highest BCUT2D eigenvalue weighted by Crippen LogP contribution is 1.99. The van der Waals surface area contributed by atoms with Crippen LogP contribution in [0.15, 0.2) is 12.3 Å². The van der Waals surface area contributed by atoms with Crippen molar-refractivity contribution in [3.05, 3.63) is 29.6 Å². The zero-order chi connectivity index (χ0) is 5.98. The minimum Gasteiger partial charge on any atom is -0.254 e. The van der Waals surface area contributed by atoms with Crippen LogP contribution < -0.4 is 0 Å². The van der Waals surface area contributed by atoms with Crippen LogP contribution in [0.25, 0.3) is 0 Å². The fraction of sp³-hybridized carbons (Fsp3) is 0.286. The second-order valence-corrected chi connectivity index (χ2v) is 1.86. The van der Waals surface area contributed by atoms with Gasteiger partial charge in [0.15, 0.2) is 0 Å². The van der Waals surface area contributed by atoms with E-state index >= 15 is 0 Å². The Bertz CT molecular complexity index is 160. The molecule has 0 spiro atoms. The van der Waals surface area contributed by atoms with Crippen molar-refractivity contribution in [3.8, 4) is 0 Å². The Labute approximate surface area is 49.4 Å². The van der Waals surface area contributed by atoms with E-state index in [9.17, 15) is 0 Å². The zero-order valence-electron chi connectivity index (χ0n) is 5.10. The molecule has 1 aromatic rings. The van der Waals surface area contributed by atoms with Gasteiger partial charge in [-0.25, -0.2) is 0 Å². The van der Waals surface area contributed by atoms with Crippen LogP contribution in [0.1, 0.15) is 11.1 Å². The largest absolute Gasteiger partial charge is 0.254 e. The van der Waals surface area contributed by atoms with E-state index in [-0.39, 0.29) is 0 Å². The number of hydrogen-bond donors (Lipinski definition) is 0. The van der Waals surface area contributed by atoms with E-state index in [1.807, 2.05) is 19.9 Å². The van der Waals surface area contributed by atoms with E-state index in [2.05, 4.69) is 11.2 Å². The molecule has 1 radical (unpaired) electrons. The quantitative estimate of drug-likeness (QED) is 0.488. The van der Waals surface area contributed by atoms with Gasteiger partial charge < -0.3 is 0 Å². The van der Waals surface area contributed by atoms with Gasteiger partial charge in [-0.1, -0.05) is 0 Å². The Hall–Kier alpha value is -0.850. The number of aryl methyl sites for hydroxylation is 2. The van der Waals surface area contributed by atoms with Crippen molar-refractivity contribution in [2.75, 3.05) is 0 Å². The average molecular weight is 106 g/mol. The van der Waals surface area contributed by atoms with Crippen molar-refractivity contribution in [1.82, 2.24) is 4.98 Å². The molecule has 0 N–H and O–H groups in total. The van der Waals surface area contributed by atoms with Gasteiger partial charge in [-0.3, -0.25) is 4.98 Å². The molecule has 0 saturated heterocycles. The summed E-state index contributed by atoms with van der Waals surface area (Å²) in [5.74, 6) is 0. The molecular formula is C7H8N. The van der Waals surface area contributed by atoms with E-state index in [1.165, 1.54) is 5.56 Å². The van der Waals surface area contributed by atoms with E-state index in [1.54, 1.807) is 6.20 Å². The third kappa shape index (κ3) is 0.861. The minimum absolute atomic E-state index is 1.13. The van der Waals surface area contributed by atoms with Gasteiger partial charge in [-0.15, -0.1) is 0 Å². The normalized spacial score (nSPS) is 9.25. The molecule has 0 aliphatic rings. The van der Waals surface area contributed by atoms with Gasteiger partial charge in [0, 0.05) is 6.20 Å². The molecule has 0 bridgehead atoms. The fourth-order valence-corrected chi connectivity index (χ4v) is 0.496. The molecule has 0 aliphatic heterocycles. The lowest BCUT2D eigenvalue weighted by Crippen LogP contribution is -1.79. The van der Waals surface area contributed by atoms with Crippen molar-refractivity contribution in [2.45, 2.75) is 13.8 Å². The Kier molecular flexibility index (Phi) is 1.29. The van der Waals surface area contributed by atoms with Gasteiger partial charge in [-0.2, -0.15) is 0 Å². The lowest BCUT2D eigenvalue weighted by Gasteiger charge is -1.91. The average Bonchev–Trinajstić information content (AvgIpc) is 1.77. The van der Waals surface area contributed by atoms with Crippen molar-refractivity contribution < 1.29 is 0 Å². The molecular weight excluding hydrogens is 98.1 g/mol. The molecule has 0 aliphatic carbocycles. The number of hydrogen-bond acceptors (Lipinski definition) is 1. The van der Waals surface area contributed by atoms with E-state index < -0.39 is 0 Å². The summed E-state index contributed by atoms with van der Waals surface area (Å²) in [4.78, 5) is 3.82. The Morgan fingerprint density at radius 3 is 2.62 bits per heavy atom. The molecule has 0 unspecified atom stereocenters. The lowest BCUT2D eigenvalue weighted by molar-refractivity contribution is 1.20. The van der Waals surface area contributed by atoms with Crippen LogP contribution in [0, 0.1) is 20.0 Å². The number of pyridine rings is 1. The summed E-state index contributed by atoms with van der Waals surface area (Å²) in [7, 11) is 0. The molecule has 8 heavy (non-hydrogen) atoms. The predicted octanol–water partition coefficient (Wildman–Crippen LogP) is 1.50. The lowest BCUT2D eigenvalue weighted by atomic mass is 10.2. The summed E-state index contributed by atoms with van der Waals surface area (Å²) in [6, 6.07) is 1.98. The van der Waals surface area contributed by atoms with Crippen LogP contribution in [0.3, 0.4) is 0 Å². The first kappa shape index (κ1) is 5.29. The first-order chi connectivity index (χ1) is 3.80. The zero-order valence-corrected chi connectivity index (χ0v) is 5.10. The minimum atomic E-state index is 1.13. The molecule has 1 rings (SSSR count). The summed E-state index contributed by atoms with van der Waals surface area (Å²) in [6.07, 6.45) is 4.60. The molecule has 0 fully saturated rings. The molecule has 1 aromatic heterocycles. The van der Waals surface area contributed by atoms with Gasteiger partial charge in [0.25, 0.3) is 0 Å². The smallest absolute Gasteiger partial charge is 0.0920 e. The SMILES string of the molecule is Cc1[c]nccc1C. The molecule has 0 atom stereocenters. The van der Waals surface area contributed by atoms with Crippen LogP contribution in [0.5, 0.6) is 0 Å². The first-order valence-corrected chi connectivity index (χ1v) is 2.60. The highest BCUT2D eigenvalue weighted by Gasteiger charge is 1.86. The highest BCUT2D eigenvalue weighted by atomic mass is 14.6. The van der Waals surface area contributed by atoms with Crippen LogP contribution >= 0.6 is 0 Å². The number of aromatic nitrogens is 1. The van der Waals surface area contributed by atoms with Crippen molar-refractivity contribution in [2.24, 2.45) is 0 Å². The molecule has 41 valence electrons. The topological polar surface area (TPSA) is 12.9 Å². The standard InChI is InChI=1S/C7H8N/c1-6-3-4-8-5-7(6)2/h3-4H,1-2H3. The number of rotatable bonds is 0. The van der Waals surface area contributed by atoms with Crippen LogP contribution in [-0.2, 0) is 0 Å². The molecule has 1 nitrogen and oxygen atoms in total. The van der Waals surface area contributed by atoms with Gasteiger partial charge in [0.1, 0.15) is 0 Å². The fourth-order valence-electron chi connectivity index (χ4n) is 0.496. The third-order valence-electron chi connectivity index (χ3n) is 1.22. The molecule has 1 heteroatoms. The maximum atomic E-state index is 3.82. The predicted molar refractivity (Wildman–Crippen MR) is 32.5 cm³/mol.